The monoisotopic (exact) mass is 399 g/mol. The average molecular weight is 400 g/mol. The SMILES string of the molecule is Cc1ccc(-c2noc(CN(C(=O)COc3ccccc3Cl)C(C)C)n2)cc1. The number of amides is 1. The molecule has 0 aliphatic carbocycles. The van der Waals surface area contributed by atoms with E-state index in [9.17, 15) is 4.79 Å². The van der Waals surface area contributed by atoms with Crippen molar-refractivity contribution in [2.24, 2.45) is 0 Å². The van der Waals surface area contributed by atoms with Crippen LogP contribution in [0.4, 0.5) is 0 Å². The summed E-state index contributed by atoms with van der Waals surface area (Å²) < 4.78 is 10.9. The molecular weight excluding hydrogens is 378 g/mol. The Morgan fingerprint density at radius 2 is 1.89 bits per heavy atom. The molecule has 146 valence electrons. The van der Waals surface area contributed by atoms with Crippen LogP contribution in [0.5, 0.6) is 5.75 Å². The molecule has 0 atom stereocenters. The van der Waals surface area contributed by atoms with Gasteiger partial charge in [-0.05, 0) is 32.9 Å². The molecule has 7 heteroatoms. The second-order valence-corrected chi connectivity index (χ2v) is 7.12. The van der Waals surface area contributed by atoms with Crippen LogP contribution in [0.25, 0.3) is 11.4 Å². The molecule has 0 unspecified atom stereocenters. The molecule has 0 saturated carbocycles. The number of hydrogen-bond acceptors (Lipinski definition) is 5. The molecule has 0 fully saturated rings. The predicted octanol–water partition coefficient (Wildman–Crippen LogP) is 4.51. The highest BCUT2D eigenvalue weighted by molar-refractivity contribution is 6.32. The zero-order valence-electron chi connectivity index (χ0n) is 16.1. The summed E-state index contributed by atoms with van der Waals surface area (Å²) in [6.07, 6.45) is 0. The quantitative estimate of drug-likeness (QED) is 0.584. The molecule has 3 aromatic rings. The van der Waals surface area contributed by atoms with E-state index in [1.165, 1.54) is 0 Å². The zero-order valence-corrected chi connectivity index (χ0v) is 16.8. The van der Waals surface area contributed by atoms with Crippen LogP contribution in [-0.4, -0.2) is 33.6 Å². The molecule has 28 heavy (non-hydrogen) atoms. The Bertz CT molecular complexity index is 938. The van der Waals surface area contributed by atoms with Crippen molar-refractivity contribution in [1.82, 2.24) is 15.0 Å². The molecule has 1 heterocycles. The van der Waals surface area contributed by atoms with E-state index >= 15 is 0 Å². The van der Waals surface area contributed by atoms with E-state index in [0.29, 0.717) is 22.5 Å². The molecule has 0 N–H and O–H groups in total. The topological polar surface area (TPSA) is 68.5 Å². The highest BCUT2D eigenvalue weighted by atomic mass is 35.5. The Kier molecular flexibility index (Phi) is 6.31. The Labute approximate surface area is 169 Å². The van der Waals surface area contributed by atoms with Crippen molar-refractivity contribution in [3.63, 3.8) is 0 Å². The van der Waals surface area contributed by atoms with Gasteiger partial charge in [0.25, 0.3) is 5.91 Å². The van der Waals surface area contributed by atoms with Gasteiger partial charge in [0.05, 0.1) is 5.02 Å². The zero-order chi connectivity index (χ0) is 20.1. The van der Waals surface area contributed by atoms with E-state index in [4.69, 9.17) is 20.9 Å². The number of rotatable bonds is 7. The summed E-state index contributed by atoms with van der Waals surface area (Å²) in [6, 6.07) is 14.8. The van der Waals surface area contributed by atoms with Crippen LogP contribution >= 0.6 is 11.6 Å². The van der Waals surface area contributed by atoms with Gasteiger partial charge in [-0.25, -0.2) is 0 Å². The minimum atomic E-state index is -0.190. The normalized spacial score (nSPS) is 10.9. The number of carbonyl (C=O) groups excluding carboxylic acids is 1. The van der Waals surface area contributed by atoms with Crippen LogP contribution < -0.4 is 4.74 Å². The smallest absolute Gasteiger partial charge is 0.261 e. The summed E-state index contributed by atoms with van der Waals surface area (Å²) in [5, 5.41) is 4.48. The van der Waals surface area contributed by atoms with Crippen LogP contribution in [0.2, 0.25) is 5.02 Å². The Morgan fingerprint density at radius 3 is 2.57 bits per heavy atom. The van der Waals surface area contributed by atoms with Gasteiger partial charge in [-0.1, -0.05) is 58.7 Å². The number of carbonyl (C=O) groups is 1. The first kappa shape index (κ1) is 19.9. The minimum absolute atomic E-state index is 0.0583. The lowest BCUT2D eigenvalue weighted by molar-refractivity contribution is -0.136. The summed E-state index contributed by atoms with van der Waals surface area (Å²) in [7, 11) is 0. The number of nitrogens with zero attached hydrogens (tertiary/aromatic N) is 3. The summed E-state index contributed by atoms with van der Waals surface area (Å²) in [4.78, 5) is 18.7. The average Bonchev–Trinajstić information content (AvgIpc) is 3.14. The Hall–Kier alpha value is -2.86. The summed E-state index contributed by atoms with van der Waals surface area (Å²) in [5.74, 6) is 1.15. The third kappa shape index (κ3) is 4.89. The number of hydrogen-bond donors (Lipinski definition) is 0. The number of halogens is 1. The lowest BCUT2D eigenvalue weighted by atomic mass is 10.1. The number of benzene rings is 2. The summed E-state index contributed by atoms with van der Waals surface area (Å²) in [6.45, 7) is 5.94. The first-order valence-electron chi connectivity index (χ1n) is 9.00. The van der Waals surface area contributed by atoms with Gasteiger partial charge in [0.2, 0.25) is 11.7 Å². The highest BCUT2D eigenvalue weighted by Crippen LogP contribution is 2.23. The van der Waals surface area contributed by atoms with E-state index in [0.717, 1.165) is 11.1 Å². The molecule has 0 aliphatic heterocycles. The van der Waals surface area contributed by atoms with E-state index in [1.54, 1.807) is 29.2 Å². The van der Waals surface area contributed by atoms with Crippen LogP contribution in [0.1, 0.15) is 25.3 Å². The van der Waals surface area contributed by atoms with Gasteiger partial charge in [0.1, 0.15) is 12.3 Å². The van der Waals surface area contributed by atoms with Gasteiger partial charge >= 0.3 is 0 Å². The molecule has 0 aliphatic rings. The van der Waals surface area contributed by atoms with Gasteiger partial charge in [0.15, 0.2) is 6.61 Å². The van der Waals surface area contributed by atoms with Crippen molar-refractivity contribution >= 4 is 17.5 Å². The van der Waals surface area contributed by atoms with Crippen LogP contribution in [0.3, 0.4) is 0 Å². The van der Waals surface area contributed by atoms with Gasteiger partial charge in [-0.15, -0.1) is 0 Å². The van der Waals surface area contributed by atoms with Crippen molar-refractivity contribution in [3.8, 4) is 17.1 Å². The molecule has 0 bridgehead atoms. The second kappa shape index (κ2) is 8.89. The van der Waals surface area contributed by atoms with Crippen LogP contribution in [0.15, 0.2) is 53.1 Å². The van der Waals surface area contributed by atoms with Gasteiger partial charge in [-0.2, -0.15) is 4.98 Å². The second-order valence-electron chi connectivity index (χ2n) is 6.71. The van der Waals surface area contributed by atoms with Crippen LogP contribution in [-0.2, 0) is 11.3 Å². The molecule has 6 nitrogen and oxygen atoms in total. The molecular formula is C21H22ClN3O3. The predicted molar refractivity (Wildman–Crippen MR) is 107 cm³/mol. The molecule has 0 radical (unpaired) electrons. The maximum atomic E-state index is 12.7. The largest absolute Gasteiger partial charge is 0.482 e. The van der Waals surface area contributed by atoms with E-state index in [-0.39, 0.29) is 25.1 Å². The lowest BCUT2D eigenvalue weighted by Gasteiger charge is -2.25. The van der Waals surface area contributed by atoms with Crippen molar-refractivity contribution in [3.05, 3.63) is 65.0 Å². The van der Waals surface area contributed by atoms with Crippen molar-refractivity contribution in [1.29, 1.82) is 0 Å². The molecule has 1 amide bonds. The van der Waals surface area contributed by atoms with Gasteiger partial charge < -0.3 is 14.2 Å². The number of aromatic nitrogens is 2. The summed E-state index contributed by atoms with van der Waals surface area (Å²) in [5.41, 5.74) is 2.02. The standard InChI is InChI=1S/C21H22ClN3O3/c1-14(2)25(20(26)13-27-18-7-5-4-6-17(18)22)12-19-23-21(24-28-19)16-10-8-15(3)9-11-16/h4-11,14H,12-13H2,1-3H3. The van der Waals surface area contributed by atoms with Crippen molar-refractivity contribution < 1.29 is 14.1 Å². The minimum Gasteiger partial charge on any atom is -0.482 e. The number of para-hydroxylation sites is 1. The fourth-order valence-corrected chi connectivity index (χ4v) is 2.82. The van der Waals surface area contributed by atoms with Gasteiger partial charge in [0, 0.05) is 11.6 Å². The highest BCUT2D eigenvalue weighted by Gasteiger charge is 2.21. The van der Waals surface area contributed by atoms with Gasteiger partial charge in [-0.3, -0.25) is 4.79 Å². The first-order valence-corrected chi connectivity index (χ1v) is 9.38. The third-order valence-electron chi connectivity index (χ3n) is 4.21. The molecule has 0 saturated heterocycles. The maximum Gasteiger partial charge on any atom is 0.261 e. The van der Waals surface area contributed by atoms with Crippen molar-refractivity contribution in [2.75, 3.05) is 6.61 Å². The van der Waals surface area contributed by atoms with Crippen molar-refractivity contribution in [2.45, 2.75) is 33.4 Å². The fourth-order valence-electron chi connectivity index (χ4n) is 2.63. The number of aryl methyl sites for hydroxylation is 1. The van der Waals surface area contributed by atoms with E-state index in [1.807, 2.05) is 45.0 Å². The first-order chi connectivity index (χ1) is 13.4. The Morgan fingerprint density at radius 1 is 1.18 bits per heavy atom. The van der Waals surface area contributed by atoms with Crippen LogP contribution in [0, 0.1) is 6.92 Å². The maximum absolute atomic E-state index is 12.7. The van der Waals surface area contributed by atoms with E-state index in [2.05, 4.69) is 10.1 Å². The fraction of sp³-hybridized carbons (Fsp3) is 0.286. The summed E-state index contributed by atoms with van der Waals surface area (Å²) >= 11 is 6.07. The third-order valence-corrected chi connectivity index (χ3v) is 4.53. The number of ether oxygens (including phenoxy) is 1. The molecule has 2 aromatic carbocycles. The lowest BCUT2D eigenvalue weighted by Crippen LogP contribution is -2.39. The molecule has 0 spiro atoms. The Balaban J connectivity index is 1.66. The molecule has 3 rings (SSSR count). The molecule has 1 aromatic heterocycles. The van der Waals surface area contributed by atoms with E-state index < -0.39 is 0 Å².